The second-order valence-electron chi connectivity index (χ2n) is 14.7. The summed E-state index contributed by atoms with van der Waals surface area (Å²) < 4.78 is 32.7. The van der Waals surface area contributed by atoms with Crippen LogP contribution in [0, 0.1) is 0 Å². The monoisotopic (exact) mass is 801 g/mol. The fourth-order valence-corrected chi connectivity index (χ4v) is 6.67. The van der Waals surface area contributed by atoms with E-state index in [0.717, 1.165) is 57.8 Å². The van der Waals surface area contributed by atoms with Crippen molar-refractivity contribution in [3.05, 3.63) is 36.5 Å². The Labute approximate surface area is 335 Å². The third kappa shape index (κ3) is 40.2. The second-order valence-corrected chi connectivity index (χ2v) is 16.2. The molecular weight excluding hydrogens is 719 g/mol. The Kier molecular flexibility index (Phi) is 39.1. The lowest BCUT2D eigenvalue weighted by Crippen LogP contribution is -2.29. The first-order chi connectivity index (χ1) is 26.7. The Morgan fingerprint density at radius 1 is 0.545 bits per heavy atom. The molecule has 0 spiro atoms. The summed E-state index contributed by atoms with van der Waals surface area (Å²) in [6, 6.07) is 0. The minimum Gasteiger partial charge on any atom is -0.462 e. The van der Waals surface area contributed by atoms with Crippen molar-refractivity contribution in [2.75, 3.05) is 26.4 Å². The van der Waals surface area contributed by atoms with Gasteiger partial charge in [0.2, 0.25) is 0 Å². The first-order valence-electron chi connectivity index (χ1n) is 21.9. The summed E-state index contributed by atoms with van der Waals surface area (Å²) in [6.45, 7) is 2.34. The number of esters is 2. The maximum Gasteiger partial charge on any atom is 0.472 e. The number of unbranched alkanes of at least 4 members (excludes halogenated alkanes) is 21. The normalized spacial score (nSPS) is 14.2. The molecule has 55 heavy (non-hydrogen) atoms. The van der Waals surface area contributed by atoms with Gasteiger partial charge in [-0.25, -0.2) is 4.57 Å². The van der Waals surface area contributed by atoms with E-state index in [-0.39, 0.29) is 19.4 Å². The van der Waals surface area contributed by atoms with Crippen molar-refractivity contribution in [1.29, 1.82) is 0 Å². The maximum absolute atomic E-state index is 12.6. The van der Waals surface area contributed by atoms with Crippen molar-refractivity contribution in [3.63, 3.8) is 0 Å². The number of hydrogen-bond donors (Lipinski definition) is 3. The molecule has 0 saturated heterocycles. The van der Waals surface area contributed by atoms with Crippen molar-refractivity contribution < 1.29 is 47.8 Å². The highest BCUT2D eigenvalue weighted by Gasteiger charge is 2.27. The molecule has 0 aromatic rings. The molecule has 0 amide bonds. The molecule has 0 aromatic carbocycles. The Morgan fingerprint density at radius 3 is 1.45 bits per heavy atom. The molecule has 0 aliphatic rings. The van der Waals surface area contributed by atoms with E-state index in [1.807, 2.05) is 0 Å². The average Bonchev–Trinajstić information content (AvgIpc) is 3.17. The Morgan fingerprint density at radius 2 is 0.945 bits per heavy atom. The summed E-state index contributed by atoms with van der Waals surface area (Å²) in [6.07, 6.45) is 41.0. The van der Waals surface area contributed by atoms with E-state index in [9.17, 15) is 24.2 Å². The predicted octanol–water partition coefficient (Wildman–Crippen LogP) is 11.6. The summed E-state index contributed by atoms with van der Waals surface area (Å²) in [7, 11) is -4.62. The number of hydrogen-bond acceptors (Lipinski definition) is 9. The number of carbonyl (C=O) groups is 2. The fourth-order valence-electron chi connectivity index (χ4n) is 5.88. The van der Waals surface area contributed by atoms with Gasteiger partial charge in [-0.3, -0.25) is 18.6 Å². The third-order valence-electron chi connectivity index (χ3n) is 9.30. The van der Waals surface area contributed by atoms with E-state index in [4.69, 9.17) is 19.1 Å². The van der Waals surface area contributed by atoms with Crippen molar-refractivity contribution in [3.8, 4) is 0 Å². The molecule has 10 nitrogen and oxygen atoms in total. The molecule has 0 rings (SSSR count). The average molecular weight is 801 g/mol. The summed E-state index contributed by atoms with van der Waals surface area (Å²) in [5.74, 6) is -0.945. The third-order valence-corrected chi connectivity index (χ3v) is 10.2. The van der Waals surface area contributed by atoms with Crippen LogP contribution >= 0.6 is 7.82 Å². The summed E-state index contributed by atoms with van der Waals surface area (Å²) in [5.41, 5.74) is 0. The highest BCUT2D eigenvalue weighted by molar-refractivity contribution is 7.47. The molecule has 0 fully saturated rings. The molecule has 0 heterocycles. The Hall–Kier alpha value is -1.81. The van der Waals surface area contributed by atoms with Crippen molar-refractivity contribution >= 4 is 19.8 Å². The van der Waals surface area contributed by atoms with Gasteiger partial charge in [-0.2, -0.15) is 0 Å². The molecule has 3 atom stereocenters. The van der Waals surface area contributed by atoms with Crippen LogP contribution < -0.4 is 0 Å². The summed E-state index contributed by atoms with van der Waals surface area (Å²) in [5, 5.41) is 18.3. The van der Waals surface area contributed by atoms with Crippen LogP contribution in [0.3, 0.4) is 0 Å². The molecule has 322 valence electrons. The van der Waals surface area contributed by atoms with Crippen molar-refractivity contribution in [2.24, 2.45) is 0 Å². The number of allylic oxidation sites excluding steroid dienone is 6. The molecule has 0 aliphatic heterocycles. The Balaban J connectivity index is 4.32. The summed E-state index contributed by atoms with van der Waals surface area (Å²) in [4.78, 5) is 35.0. The zero-order valence-electron chi connectivity index (χ0n) is 34.9. The number of phosphoric acid groups is 1. The van der Waals surface area contributed by atoms with Gasteiger partial charge in [0.05, 0.1) is 19.8 Å². The number of aliphatic hydroxyl groups excluding tert-OH is 2. The second kappa shape index (κ2) is 40.4. The zero-order valence-corrected chi connectivity index (χ0v) is 35.8. The van der Waals surface area contributed by atoms with E-state index in [1.165, 1.54) is 96.3 Å². The van der Waals surface area contributed by atoms with Gasteiger partial charge in [0.15, 0.2) is 6.10 Å². The van der Waals surface area contributed by atoms with E-state index < -0.39 is 51.8 Å². The minimum absolute atomic E-state index is 0.182. The number of carbonyl (C=O) groups excluding carboxylic acids is 2. The fraction of sp³-hybridized carbons (Fsp3) is 0.818. The maximum atomic E-state index is 12.6. The first kappa shape index (κ1) is 53.2. The lowest BCUT2D eigenvalue weighted by molar-refractivity contribution is -0.161. The zero-order chi connectivity index (χ0) is 40.5. The van der Waals surface area contributed by atoms with Gasteiger partial charge >= 0.3 is 19.8 Å². The van der Waals surface area contributed by atoms with Gasteiger partial charge in [-0.05, 0) is 51.4 Å². The molecule has 11 heteroatoms. The number of rotatable bonds is 41. The minimum atomic E-state index is -4.62. The van der Waals surface area contributed by atoms with E-state index in [2.05, 4.69) is 54.8 Å². The van der Waals surface area contributed by atoms with E-state index in [0.29, 0.717) is 12.8 Å². The lowest BCUT2D eigenvalue weighted by atomic mass is 10.0. The lowest BCUT2D eigenvalue weighted by Gasteiger charge is -2.20. The van der Waals surface area contributed by atoms with Crippen molar-refractivity contribution in [1.82, 2.24) is 0 Å². The smallest absolute Gasteiger partial charge is 0.462 e. The van der Waals surface area contributed by atoms with Gasteiger partial charge in [0.25, 0.3) is 0 Å². The topological polar surface area (TPSA) is 149 Å². The molecule has 0 bridgehead atoms. The van der Waals surface area contributed by atoms with Crippen LogP contribution in [0.4, 0.5) is 0 Å². The molecular formula is C44H81O10P. The van der Waals surface area contributed by atoms with Crippen molar-refractivity contribution in [2.45, 2.75) is 206 Å². The number of aliphatic hydroxyl groups is 2. The van der Waals surface area contributed by atoms with Gasteiger partial charge in [-0.15, -0.1) is 0 Å². The Bertz CT molecular complexity index is 1010. The van der Waals surface area contributed by atoms with Crippen LogP contribution in [-0.2, 0) is 32.7 Å². The van der Waals surface area contributed by atoms with Gasteiger partial charge < -0.3 is 24.6 Å². The molecule has 0 aliphatic carbocycles. The van der Waals surface area contributed by atoms with Crippen LogP contribution in [-0.4, -0.2) is 65.7 Å². The van der Waals surface area contributed by atoms with Crippen LogP contribution in [0.5, 0.6) is 0 Å². The van der Waals surface area contributed by atoms with E-state index in [1.54, 1.807) is 0 Å². The highest BCUT2D eigenvalue weighted by Crippen LogP contribution is 2.43. The SMILES string of the molecule is CCCCC/C=C/C/C=C/C/C=C/CCCCCCC(=O)OC[C@H](COP(=O)(O)OC[C@@H](O)CO)OC(=O)CCCCCCCCCCCCCCCCC. The van der Waals surface area contributed by atoms with Crippen LogP contribution in [0.25, 0.3) is 0 Å². The van der Waals surface area contributed by atoms with Crippen LogP contribution in [0.15, 0.2) is 36.5 Å². The van der Waals surface area contributed by atoms with Gasteiger partial charge in [0.1, 0.15) is 12.7 Å². The number of ether oxygens (including phenoxy) is 2. The predicted molar refractivity (Wildman–Crippen MR) is 224 cm³/mol. The molecule has 0 saturated carbocycles. The standard InChI is InChI=1S/C44H81O10P/c1-3-5-7-9-11-13-15-17-19-20-22-23-25-27-29-31-33-35-43(47)51-39-42(40-53-55(49,50)52-38-41(46)37-45)54-44(48)36-34-32-30-28-26-24-21-18-16-14-12-10-8-6-4-2/h11,13,17,19,22-23,41-42,45-46H,3-10,12,14-16,18,20-21,24-40H2,1-2H3,(H,49,50)/b13-11+,19-17+,23-22+/t41-,42+/m0/s1. The largest absolute Gasteiger partial charge is 0.472 e. The number of phosphoric ester groups is 1. The molecule has 3 N–H and O–H groups in total. The van der Waals surface area contributed by atoms with Crippen LogP contribution in [0.2, 0.25) is 0 Å². The summed E-state index contributed by atoms with van der Waals surface area (Å²) >= 11 is 0. The van der Waals surface area contributed by atoms with Gasteiger partial charge in [-0.1, -0.05) is 166 Å². The van der Waals surface area contributed by atoms with E-state index >= 15 is 0 Å². The quantitative estimate of drug-likeness (QED) is 0.0236. The molecule has 0 radical (unpaired) electrons. The van der Waals surface area contributed by atoms with Crippen LogP contribution in [0.1, 0.15) is 194 Å². The molecule has 0 aromatic heterocycles. The van der Waals surface area contributed by atoms with Gasteiger partial charge in [0, 0.05) is 12.8 Å². The molecule has 1 unspecified atom stereocenters. The highest BCUT2D eigenvalue weighted by atomic mass is 31.2. The first-order valence-corrected chi connectivity index (χ1v) is 23.4.